The molecule has 6 nitrogen and oxygen atoms in total. The summed E-state index contributed by atoms with van der Waals surface area (Å²) in [6.45, 7) is 0.260. The molecule has 1 amide bonds. The van der Waals surface area contributed by atoms with Crippen LogP contribution in [-0.2, 0) is 11.3 Å². The van der Waals surface area contributed by atoms with Crippen molar-refractivity contribution in [3.63, 3.8) is 0 Å². The summed E-state index contributed by atoms with van der Waals surface area (Å²) >= 11 is 12.0. The van der Waals surface area contributed by atoms with Gasteiger partial charge in [0.05, 0.1) is 21.3 Å². The van der Waals surface area contributed by atoms with Gasteiger partial charge in [0, 0.05) is 36.0 Å². The lowest BCUT2D eigenvalue weighted by Gasteiger charge is -2.07. The number of nitrogens with one attached hydrogen (secondary N) is 1. The molecule has 2 heterocycles. The molecule has 0 saturated carbocycles. The van der Waals surface area contributed by atoms with Crippen LogP contribution in [0.4, 0.5) is 10.1 Å². The number of amides is 1. The van der Waals surface area contributed by atoms with Crippen LogP contribution in [0.3, 0.4) is 0 Å². The molecule has 0 atom stereocenters. The van der Waals surface area contributed by atoms with Gasteiger partial charge in [-0.05, 0) is 35.9 Å². The molecular formula is C22H14Cl2FN3O3. The van der Waals surface area contributed by atoms with Gasteiger partial charge in [-0.1, -0.05) is 35.3 Å². The number of hydrogen-bond donors (Lipinski definition) is 2. The average Bonchev–Trinajstić information content (AvgIpc) is 3.07. The van der Waals surface area contributed by atoms with Crippen LogP contribution in [0.25, 0.3) is 10.9 Å². The van der Waals surface area contributed by atoms with Gasteiger partial charge >= 0.3 is 0 Å². The minimum absolute atomic E-state index is 0.0642. The molecular weight excluding hydrogens is 444 g/mol. The van der Waals surface area contributed by atoms with Crippen LogP contribution in [0.5, 0.6) is 5.75 Å². The second-order valence-corrected chi connectivity index (χ2v) is 7.58. The van der Waals surface area contributed by atoms with Crippen molar-refractivity contribution in [2.24, 2.45) is 0 Å². The lowest BCUT2D eigenvalue weighted by Crippen LogP contribution is -2.23. The number of carbonyl (C=O) groups is 2. The quantitative estimate of drug-likeness (QED) is 0.324. The van der Waals surface area contributed by atoms with Crippen molar-refractivity contribution >= 4 is 51.5 Å². The fourth-order valence-electron chi connectivity index (χ4n) is 3.25. The number of pyridine rings is 1. The topological polar surface area (TPSA) is 84.2 Å². The summed E-state index contributed by atoms with van der Waals surface area (Å²) in [5.74, 6) is -2.25. The largest absolute Gasteiger partial charge is 0.508 e. The monoisotopic (exact) mass is 457 g/mol. The zero-order valence-electron chi connectivity index (χ0n) is 15.8. The van der Waals surface area contributed by atoms with E-state index >= 15 is 0 Å². The van der Waals surface area contributed by atoms with Gasteiger partial charge in [0.15, 0.2) is 0 Å². The number of fused-ring (bicyclic) bond motifs is 1. The maximum atomic E-state index is 13.6. The van der Waals surface area contributed by atoms with Crippen molar-refractivity contribution in [3.05, 3.63) is 88.0 Å². The molecule has 0 unspecified atom stereocenters. The highest BCUT2D eigenvalue weighted by atomic mass is 35.5. The Hall–Kier alpha value is -3.42. The molecule has 2 aromatic heterocycles. The van der Waals surface area contributed by atoms with Crippen molar-refractivity contribution in [2.45, 2.75) is 6.54 Å². The Balaban J connectivity index is 1.72. The molecule has 0 bridgehead atoms. The number of nitrogens with zero attached hydrogens (tertiary/aromatic N) is 2. The molecule has 0 aliphatic carbocycles. The standard InChI is InChI=1S/C22H14Cl2FN3O3/c23-17-8-26-9-18(24)20(17)27-22(31)21(30)16-11-28(10-12-2-1-3-13(25)6-12)19-5-4-14(29)7-15(16)19/h1-9,11,29H,10H2,(H,26,27,31). The Bertz CT molecular complexity index is 1320. The number of carbonyl (C=O) groups excluding carboxylic acids is 2. The zero-order chi connectivity index (χ0) is 22.1. The Labute approximate surface area is 185 Å². The van der Waals surface area contributed by atoms with Gasteiger partial charge in [0.1, 0.15) is 11.6 Å². The number of anilines is 1. The van der Waals surface area contributed by atoms with E-state index in [0.717, 1.165) is 0 Å². The van der Waals surface area contributed by atoms with Gasteiger partial charge in [-0.3, -0.25) is 14.6 Å². The number of halogens is 3. The number of phenolic OH excluding ortho intramolecular Hbond substituents is 1. The fraction of sp³-hybridized carbons (Fsp3) is 0.0455. The number of hydrogen-bond acceptors (Lipinski definition) is 4. The molecule has 0 spiro atoms. The molecule has 0 saturated heterocycles. The normalized spacial score (nSPS) is 10.9. The third-order valence-corrected chi connectivity index (χ3v) is 5.22. The van der Waals surface area contributed by atoms with Crippen LogP contribution >= 0.6 is 23.2 Å². The van der Waals surface area contributed by atoms with E-state index in [0.29, 0.717) is 16.5 Å². The molecule has 156 valence electrons. The van der Waals surface area contributed by atoms with Gasteiger partial charge < -0.3 is 15.0 Å². The fourth-order valence-corrected chi connectivity index (χ4v) is 3.71. The van der Waals surface area contributed by atoms with E-state index in [4.69, 9.17) is 23.2 Å². The number of ketones is 1. The van der Waals surface area contributed by atoms with Crippen molar-refractivity contribution in [3.8, 4) is 5.75 Å². The van der Waals surface area contributed by atoms with E-state index in [2.05, 4.69) is 10.3 Å². The van der Waals surface area contributed by atoms with E-state index in [1.807, 2.05) is 0 Å². The molecule has 0 aliphatic heterocycles. The van der Waals surface area contributed by atoms with Gasteiger partial charge in [-0.2, -0.15) is 0 Å². The van der Waals surface area contributed by atoms with Crippen molar-refractivity contribution in [1.29, 1.82) is 0 Å². The number of rotatable bonds is 5. The first-order chi connectivity index (χ1) is 14.8. The van der Waals surface area contributed by atoms with Gasteiger partial charge in [0.25, 0.3) is 11.7 Å². The molecule has 0 radical (unpaired) electrons. The maximum absolute atomic E-state index is 13.6. The Morgan fingerprint density at radius 3 is 2.55 bits per heavy atom. The molecule has 2 N–H and O–H groups in total. The maximum Gasteiger partial charge on any atom is 0.296 e. The molecule has 0 fully saturated rings. The van der Waals surface area contributed by atoms with E-state index in [-0.39, 0.29) is 39.4 Å². The second kappa shape index (κ2) is 8.37. The van der Waals surface area contributed by atoms with Crippen LogP contribution in [0.1, 0.15) is 15.9 Å². The summed E-state index contributed by atoms with van der Waals surface area (Å²) in [5, 5.41) is 12.9. The third kappa shape index (κ3) is 4.23. The number of benzene rings is 2. The summed E-state index contributed by atoms with van der Waals surface area (Å²) in [7, 11) is 0. The van der Waals surface area contributed by atoms with Crippen molar-refractivity contribution in [2.75, 3.05) is 5.32 Å². The first kappa shape index (κ1) is 20.8. The lowest BCUT2D eigenvalue weighted by atomic mass is 10.1. The number of aromatic hydroxyl groups is 1. The summed E-state index contributed by atoms with van der Waals surface area (Å²) in [4.78, 5) is 29.4. The van der Waals surface area contributed by atoms with Crippen molar-refractivity contribution < 1.29 is 19.1 Å². The van der Waals surface area contributed by atoms with E-state index in [9.17, 15) is 19.1 Å². The van der Waals surface area contributed by atoms with Crippen LogP contribution in [0.15, 0.2) is 61.1 Å². The molecule has 4 rings (SSSR count). The van der Waals surface area contributed by atoms with Gasteiger partial charge in [-0.25, -0.2) is 4.39 Å². The van der Waals surface area contributed by atoms with E-state index in [1.165, 1.54) is 42.9 Å². The third-order valence-electron chi connectivity index (χ3n) is 4.65. The first-order valence-electron chi connectivity index (χ1n) is 9.04. The number of Topliss-reactive ketones (excluding diaryl/α,β-unsaturated/α-hetero) is 1. The molecule has 2 aromatic carbocycles. The predicted octanol–water partition coefficient (Wildman–Crippen LogP) is 5.06. The Morgan fingerprint density at radius 2 is 1.84 bits per heavy atom. The predicted molar refractivity (Wildman–Crippen MR) is 116 cm³/mol. The average molecular weight is 458 g/mol. The zero-order valence-corrected chi connectivity index (χ0v) is 17.3. The molecule has 4 aromatic rings. The summed E-state index contributed by atoms with van der Waals surface area (Å²) in [6.07, 6.45) is 4.07. The van der Waals surface area contributed by atoms with Gasteiger partial charge in [0.2, 0.25) is 0 Å². The lowest BCUT2D eigenvalue weighted by molar-refractivity contribution is -0.112. The van der Waals surface area contributed by atoms with E-state index < -0.39 is 11.7 Å². The highest BCUT2D eigenvalue weighted by Gasteiger charge is 2.23. The summed E-state index contributed by atoms with van der Waals surface area (Å²) < 4.78 is 15.3. The van der Waals surface area contributed by atoms with Crippen molar-refractivity contribution in [1.82, 2.24) is 9.55 Å². The number of aromatic nitrogens is 2. The van der Waals surface area contributed by atoms with Crippen LogP contribution in [-0.4, -0.2) is 26.3 Å². The summed E-state index contributed by atoms with van der Waals surface area (Å²) in [6, 6.07) is 10.5. The van der Waals surface area contributed by atoms with E-state index in [1.54, 1.807) is 22.8 Å². The number of phenols is 1. The van der Waals surface area contributed by atoms with Crippen LogP contribution in [0, 0.1) is 5.82 Å². The molecule has 0 aliphatic rings. The Kier molecular flexibility index (Phi) is 5.63. The smallest absolute Gasteiger partial charge is 0.296 e. The van der Waals surface area contributed by atoms with Gasteiger partial charge in [-0.15, -0.1) is 0 Å². The van der Waals surface area contributed by atoms with Crippen LogP contribution < -0.4 is 5.32 Å². The Morgan fingerprint density at radius 1 is 1.10 bits per heavy atom. The molecule has 9 heteroatoms. The minimum Gasteiger partial charge on any atom is -0.508 e. The SMILES string of the molecule is O=C(Nc1c(Cl)cncc1Cl)C(=O)c1cn(Cc2cccc(F)c2)c2ccc(O)cc12. The summed E-state index contributed by atoms with van der Waals surface area (Å²) in [5.41, 5.74) is 1.41. The highest BCUT2D eigenvalue weighted by molar-refractivity contribution is 6.50. The first-order valence-corrected chi connectivity index (χ1v) is 9.80. The second-order valence-electron chi connectivity index (χ2n) is 6.76. The molecule has 31 heavy (non-hydrogen) atoms. The van der Waals surface area contributed by atoms with Crippen LogP contribution in [0.2, 0.25) is 10.0 Å². The highest BCUT2D eigenvalue weighted by Crippen LogP contribution is 2.30. The minimum atomic E-state index is -0.955.